The first-order valence-electron chi connectivity index (χ1n) is 2.06. The summed E-state index contributed by atoms with van der Waals surface area (Å²) in [5.74, 6) is 0. The van der Waals surface area contributed by atoms with E-state index in [1.165, 1.54) is 0 Å². The summed E-state index contributed by atoms with van der Waals surface area (Å²) < 4.78 is 0. The van der Waals surface area contributed by atoms with Gasteiger partial charge in [0, 0.05) is 0 Å². The zero-order chi connectivity index (χ0) is 4.41. The molecule has 0 amide bonds. The molecule has 1 heterocycles. The third-order valence-electron chi connectivity index (χ3n) is 0.980. The van der Waals surface area contributed by atoms with Gasteiger partial charge in [0.15, 0.2) is 0 Å². The second-order valence-electron chi connectivity index (χ2n) is 1.42. The van der Waals surface area contributed by atoms with Crippen molar-refractivity contribution in [3.63, 3.8) is 0 Å². The highest BCUT2D eigenvalue weighted by Gasteiger charge is 2.13. The van der Waals surface area contributed by atoms with Gasteiger partial charge in [0.1, 0.15) is 0 Å². The lowest BCUT2D eigenvalue weighted by atomic mass is 10.1. The zero-order valence-electron chi connectivity index (χ0n) is 3.85. The standard InChI is InChI=1S/C4H6N2.ClH/c5-3-4-1-2-6-4;/h4,6H,1-2H2;1H. The maximum absolute atomic E-state index is 8.07. The molecule has 1 saturated heterocycles. The van der Waals surface area contributed by atoms with Gasteiger partial charge in [-0.05, 0) is 13.0 Å². The Balaban J connectivity index is 0.000000360. The molecular weight excluding hydrogens is 112 g/mol. The monoisotopic (exact) mass is 118 g/mol. The molecule has 40 valence electrons. The van der Waals surface area contributed by atoms with E-state index in [2.05, 4.69) is 11.4 Å². The van der Waals surface area contributed by atoms with Crippen molar-refractivity contribution in [3.8, 4) is 6.07 Å². The van der Waals surface area contributed by atoms with E-state index in [1.54, 1.807) is 0 Å². The van der Waals surface area contributed by atoms with Crippen LogP contribution < -0.4 is 5.32 Å². The third-order valence-corrected chi connectivity index (χ3v) is 0.980. The smallest absolute Gasteiger partial charge is 0.0965 e. The predicted molar refractivity (Wildman–Crippen MR) is 29.3 cm³/mol. The average Bonchev–Trinajstić information content (AvgIpc) is 1.31. The molecule has 1 aliphatic rings. The molecule has 1 fully saturated rings. The second-order valence-corrected chi connectivity index (χ2v) is 1.42. The first-order valence-corrected chi connectivity index (χ1v) is 2.06. The average molecular weight is 119 g/mol. The first kappa shape index (κ1) is 6.74. The Hall–Kier alpha value is -0.260. The molecule has 0 spiro atoms. The van der Waals surface area contributed by atoms with Crippen LogP contribution in [0.1, 0.15) is 6.42 Å². The van der Waals surface area contributed by atoms with Crippen LogP contribution in [0.4, 0.5) is 0 Å². The summed E-state index contributed by atoms with van der Waals surface area (Å²) >= 11 is 0. The van der Waals surface area contributed by atoms with E-state index < -0.39 is 0 Å². The Labute approximate surface area is 48.9 Å². The number of nitriles is 1. The van der Waals surface area contributed by atoms with Crippen molar-refractivity contribution in [2.24, 2.45) is 0 Å². The van der Waals surface area contributed by atoms with Crippen LogP contribution in [0.25, 0.3) is 0 Å². The Kier molecular flexibility index (Phi) is 2.73. The summed E-state index contributed by atoms with van der Waals surface area (Å²) in [7, 11) is 0. The van der Waals surface area contributed by atoms with Crippen LogP contribution in [-0.4, -0.2) is 12.6 Å². The Morgan fingerprint density at radius 3 is 2.29 bits per heavy atom. The van der Waals surface area contributed by atoms with Crippen LogP contribution >= 0.6 is 12.4 Å². The minimum atomic E-state index is 0. The van der Waals surface area contributed by atoms with Crippen molar-refractivity contribution in [2.45, 2.75) is 12.5 Å². The molecule has 7 heavy (non-hydrogen) atoms. The Bertz CT molecular complexity index is 82.2. The molecule has 1 rings (SSSR count). The van der Waals surface area contributed by atoms with Gasteiger partial charge in [0.2, 0.25) is 0 Å². The van der Waals surface area contributed by atoms with Crippen molar-refractivity contribution < 1.29 is 0 Å². The van der Waals surface area contributed by atoms with Gasteiger partial charge in [-0.1, -0.05) is 0 Å². The minimum absolute atomic E-state index is 0. The maximum atomic E-state index is 8.07. The molecule has 0 aromatic heterocycles. The van der Waals surface area contributed by atoms with E-state index in [-0.39, 0.29) is 18.4 Å². The lowest BCUT2D eigenvalue weighted by molar-refractivity contribution is 0.445. The van der Waals surface area contributed by atoms with E-state index in [0.717, 1.165) is 13.0 Å². The fourth-order valence-corrected chi connectivity index (χ4v) is 0.399. The largest absolute Gasteiger partial charge is 0.302 e. The normalized spacial score (nSPS) is 26.4. The van der Waals surface area contributed by atoms with Gasteiger partial charge in [0.25, 0.3) is 0 Å². The van der Waals surface area contributed by atoms with Crippen LogP contribution in [0.15, 0.2) is 0 Å². The SMILES string of the molecule is Cl.N#CC1CCN1. The summed E-state index contributed by atoms with van der Waals surface area (Å²) in [6.45, 7) is 1.03. The highest BCUT2D eigenvalue weighted by Crippen LogP contribution is 1.97. The molecule has 0 aliphatic carbocycles. The molecule has 1 unspecified atom stereocenters. The first-order chi connectivity index (χ1) is 2.93. The van der Waals surface area contributed by atoms with Crippen LogP contribution in [0.3, 0.4) is 0 Å². The number of halogens is 1. The van der Waals surface area contributed by atoms with E-state index >= 15 is 0 Å². The van der Waals surface area contributed by atoms with Crippen molar-refractivity contribution in [2.75, 3.05) is 6.54 Å². The van der Waals surface area contributed by atoms with Crippen molar-refractivity contribution >= 4 is 12.4 Å². The van der Waals surface area contributed by atoms with Gasteiger partial charge in [-0.3, -0.25) is 0 Å². The van der Waals surface area contributed by atoms with Gasteiger partial charge in [0.05, 0.1) is 12.1 Å². The fraction of sp³-hybridized carbons (Fsp3) is 0.750. The molecule has 3 heteroatoms. The number of nitrogens with zero attached hydrogens (tertiary/aromatic N) is 1. The number of nitrogens with one attached hydrogen (secondary N) is 1. The van der Waals surface area contributed by atoms with Crippen LogP contribution in [0.5, 0.6) is 0 Å². The molecule has 0 bridgehead atoms. The van der Waals surface area contributed by atoms with Crippen molar-refractivity contribution in [3.05, 3.63) is 0 Å². The minimum Gasteiger partial charge on any atom is -0.302 e. The summed E-state index contributed by atoms with van der Waals surface area (Å²) in [6.07, 6.45) is 1.04. The summed E-state index contributed by atoms with van der Waals surface area (Å²) in [5, 5.41) is 11.0. The molecule has 1 aliphatic heterocycles. The molecule has 2 nitrogen and oxygen atoms in total. The summed E-state index contributed by atoms with van der Waals surface area (Å²) in [4.78, 5) is 0. The fourth-order valence-electron chi connectivity index (χ4n) is 0.399. The molecule has 0 radical (unpaired) electrons. The number of rotatable bonds is 0. The Morgan fingerprint density at radius 2 is 2.29 bits per heavy atom. The molecule has 1 atom stereocenters. The topological polar surface area (TPSA) is 35.8 Å². The van der Waals surface area contributed by atoms with Gasteiger partial charge in [-0.25, -0.2) is 0 Å². The van der Waals surface area contributed by atoms with E-state index in [9.17, 15) is 0 Å². The van der Waals surface area contributed by atoms with Gasteiger partial charge in [-0.2, -0.15) is 5.26 Å². The number of hydrogen-bond donors (Lipinski definition) is 1. The van der Waals surface area contributed by atoms with E-state index in [0.29, 0.717) is 0 Å². The molecule has 0 saturated carbocycles. The van der Waals surface area contributed by atoms with E-state index in [4.69, 9.17) is 5.26 Å². The molecule has 1 N–H and O–H groups in total. The summed E-state index contributed by atoms with van der Waals surface area (Å²) in [6, 6.07) is 2.26. The zero-order valence-corrected chi connectivity index (χ0v) is 4.66. The number of hydrogen-bond acceptors (Lipinski definition) is 2. The van der Waals surface area contributed by atoms with Crippen molar-refractivity contribution in [1.29, 1.82) is 5.26 Å². The summed E-state index contributed by atoms with van der Waals surface area (Å²) in [5.41, 5.74) is 0. The van der Waals surface area contributed by atoms with Crippen molar-refractivity contribution in [1.82, 2.24) is 5.32 Å². The van der Waals surface area contributed by atoms with Crippen LogP contribution in [0.2, 0.25) is 0 Å². The second kappa shape index (κ2) is 2.84. The lowest BCUT2D eigenvalue weighted by Crippen LogP contribution is -2.41. The third kappa shape index (κ3) is 1.34. The molecule has 0 aromatic rings. The van der Waals surface area contributed by atoms with E-state index in [1.807, 2.05) is 0 Å². The molecule has 0 aromatic carbocycles. The Morgan fingerprint density at radius 1 is 1.71 bits per heavy atom. The van der Waals surface area contributed by atoms with Gasteiger partial charge >= 0.3 is 0 Å². The lowest BCUT2D eigenvalue weighted by Gasteiger charge is -2.19. The van der Waals surface area contributed by atoms with Gasteiger partial charge in [-0.15, -0.1) is 12.4 Å². The highest BCUT2D eigenvalue weighted by molar-refractivity contribution is 5.85. The van der Waals surface area contributed by atoms with Crippen LogP contribution in [-0.2, 0) is 0 Å². The highest BCUT2D eigenvalue weighted by atomic mass is 35.5. The quantitative estimate of drug-likeness (QED) is 0.497. The molecular formula is C4H7ClN2. The maximum Gasteiger partial charge on any atom is 0.0965 e. The van der Waals surface area contributed by atoms with Crippen LogP contribution in [0, 0.1) is 11.3 Å². The predicted octanol–water partition coefficient (Wildman–Crippen LogP) is 0.294. The van der Waals surface area contributed by atoms with Gasteiger partial charge < -0.3 is 5.32 Å².